The molecule has 0 saturated carbocycles. The number of carbonyl (C=O) groups is 1. The average Bonchev–Trinajstić information content (AvgIpc) is 2.81. The second kappa shape index (κ2) is 4.66. The number of nitrogens with one attached hydrogen (secondary N) is 1. The number of benzene rings is 1. The third kappa shape index (κ3) is 2.25. The van der Waals surface area contributed by atoms with Gasteiger partial charge < -0.3 is 5.11 Å². The number of aromatic nitrogens is 2. The fourth-order valence-corrected chi connectivity index (χ4v) is 2.53. The minimum absolute atomic E-state index is 0.152. The molecule has 0 unspecified atom stereocenters. The predicted molar refractivity (Wildman–Crippen MR) is 73.5 cm³/mol. The Morgan fingerprint density at radius 1 is 1.26 bits per heavy atom. The summed E-state index contributed by atoms with van der Waals surface area (Å²) in [5, 5.41) is 12.7. The van der Waals surface area contributed by atoms with Gasteiger partial charge in [0.2, 0.25) is 0 Å². The van der Waals surface area contributed by atoms with Crippen LogP contribution >= 0.6 is 11.3 Å². The smallest absolute Gasteiger partial charge is 0.261 e. The maximum atomic E-state index is 12.0. The van der Waals surface area contributed by atoms with Gasteiger partial charge in [-0.3, -0.25) is 15.1 Å². The second-order valence-electron chi connectivity index (χ2n) is 3.83. The number of aromatic hydroxyl groups is 1. The molecule has 0 fully saturated rings. The number of thiazole rings is 1. The van der Waals surface area contributed by atoms with Crippen LogP contribution < -0.4 is 5.32 Å². The predicted octanol–water partition coefficient (Wildman–Crippen LogP) is 2.65. The minimum atomic E-state index is -0.404. The SMILES string of the molecule is O=C(Nc1nc2ccccc2s1)c1ccncc1O. The molecule has 2 heterocycles. The first-order valence-corrected chi connectivity index (χ1v) is 6.35. The molecule has 1 amide bonds. The lowest BCUT2D eigenvalue weighted by Gasteiger charge is -2.02. The number of hydrogen-bond donors (Lipinski definition) is 2. The van der Waals surface area contributed by atoms with Crippen LogP contribution in [-0.2, 0) is 0 Å². The molecule has 0 aliphatic heterocycles. The maximum absolute atomic E-state index is 12.0. The van der Waals surface area contributed by atoms with Gasteiger partial charge in [-0.25, -0.2) is 4.98 Å². The number of amides is 1. The summed E-state index contributed by atoms with van der Waals surface area (Å²) in [6, 6.07) is 9.08. The zero-order valence-electron chi connectivity index (χ0n) is 9.70. The van der Waals surface area contributed by atoms with Crippen LogP contribution in [-0.4, -0.2) is 21.0 Å². The van der Waals surface area contributed by atoms with Crippen LogP contribution in [0.4, 0.5) is 5.13 Å². The molecule has 3 aromatic rings. The number of fused-ring (bicyclic) bond motifs is 1. The number of rotatable bonds is 2. The quantitative estimate of drug-likeness (QED) is 0.751. The van der Waals surface area contributed by atoms with E-state index < -0.39 is 5.91 Å². The normalized spacial score (nSPS) is 10.5. The fourth-order valence-electron chi connectivity index (χ4n) is 1.67. The first-order valence-electron chi connectivity index (χ1n) is 5.54. The summed E-state index contributed by atoms with van der Waals surface area (Å²) in [7, 11) is 0. The largest absolute Gasteiger partial charge is 0.505 e. The molecule has 3 rings (SSSR count). The van der Waals surface area contributed by atoms with E-state index in [1.165, 1.54) is 29.8 Å². The molecular weight excluding hydrogens is 262 g/mol. The Balaban J connectivity index is 1.89. The lowest BCUT2D eigenvalue weighted by atomic mass is 10.2. The third-order valence-corrected chi connectivity index (χ3v) is 3.51. The molecule has 94 valence electrons. The molecule has 2 N–H and O–H groups in total. The van der Waals surface area contributed by atoms with Crippen molar-refractivity contribution >= 4 is 32.6 Å². The van der Waals surface area contributed by atoms with Crippen LogP contribution in [0.1, 0.15) is 10.4 Å². The summed E-state index contributed by atoms with van der Waals surface area (Å²) in [5.41, 5.74) is 1.01. The van der Waals surface area contributed by atoms with Gasteiger partial charge in [-0.05, 0) is 18.2 Å². The molecule has 0 aliphatic rings. The number of para-hydroxylation sites is 1. The summed E-state index contributed by atoms with van der Waals surface area (Å²) >= 11 is 1.39. The molecule has 0 atom stereocenters. The van der Waals surface area contributed by atoms with Crippen molar-refractivity contribution in [2.75, 3.05) is 5.32 Å². The molecule has 19 heavy (non-hydrogen) atoms. The van der Waals surface area contributed by atoms with Gasteiger partial charge in [0, 0.05) is 6.20 Å². The molecule has 0 spiro atoms. The van der Waals surface area contributed by atoms with Gasteiger partial charge in [-0.15, -0.1) is 0 Å². The highest BCUT2D eigenvalue weighted by molar-refractivity contribution is 7.22. The molecular formula is C13H9N3O2S. The summed E-state index contributed by atoms with van der Waals surface area (Å²) < 4.78 is 0.997. The van der Waals surface area contributed by atoms with Crippen LogP contribution in [0, 0.1) is 0 Å². The molecule has 0 aliphatic carbocycles. The van der Waals surface area contributed by atoms with Gasteiger partial charge in [0.15, 0.2) is 5.13 Å². The molecule has 5 nitrogen and oxygen atoms in total. The van der Waals surface area contributed by atoms with Crippen LogP contribution in [0.5, 0.6) is 5.75 Å². The van der Waals surface area contributed by atoms with E-state index in [-0.39, 0.29) is 11.3 Å². The summed E-state index contributed by atoms with van der Waals surface area (Å²) in [4.78, 5) is 20.0. The monoisotopic (exact) mass is 271 g/mol. The van der Waals surface area contributed by atoms with Crippen molar-refractivity contribution < 1.29 is 9.90 Å². The average molecular weight is 271 g/mol. The van der Waals surface area contributed by atoms with Gasteiger partial charge in [0.1, 0.15) is 5.75 Å². The summed E-state index contributed by atoms with van der Waals surface area (Å²) in [6.07, 6.45) is 2.68. The van der Waals surface area contributed by atoms with Crippen molar-refractivity contribution in [3.8, 4) is 5.75 Å². The number of anilines is 1. The van der Waals surface area contributed by atoms with E-state index in [9.17, 15) is 9.90 Å². The Morgan fingerprint density at radius 2 is 2.11 bits per heavy atom. The minimum Gasteiger partial charge on any atom is -0.505 e. The summed E-state index contributed by atoms with van der Waals surface area (Å²) in [6.45, 7) is 0. The molecule has 1 aromatic carbocycles. The van der Waals surface area contributed by atoms with Gasteiger partial charge in [-0.2, -0.15) is 0 Å². The van der Waals surface area contributed by atoms with E-state index in [1.54, 1.807) is 0 Å². The number of carbonyl (C=O) groups excluding carboxylic acids is 1. The highest BCUT2D eigenvalue weighted by Gasteiger charge is 2.13. The Labute approximate surface area is 112 Å². The van der Waals surface area contributed by atoms with Crippen molar-refractivity contribution in [2.24, 2.45) is 0 Å². The van der Waals surface area contributed by atoms with Crippen molar-refractivity contribution in [3.05, 3.63) is 48.3 Å². The van der Waals surface area contributed by atoms with Crippen LogP contribution in [0.15, 0.2) is 42.7 Å². The summed E-state index contributed by atoms with van der Waals surface area (Å²) in [5.74, 6) is -0.555. The fraction of sp³-hybridized carbons (Fsp3) is 0. The molecule has 0 bridgehead atoms. The van der Waals surface area contributed by atoms with Crippen LogP contribution in [0.2, 0.25) is 0 Å². The third-order valence-electron chi connectivity index (χ3n) is 2.56. The highest BCUT2D eigenvalue weighted by Crippen LogP contribution is 2.26. The first kappa shape index (κ1) is 11.6. The Hall–Kier alpha value is -2.47. The van der Waals surface area contributed by atoms with Crippen molar-refractivity contribution in [1.29, 1.82) is 0 Å². The van der Waals surface area contributed by atoms with Gasteiger partial charge in [0.25, 0.3) is 5.91 Å². The van der Waals surface area contributed by atoms with E-state index in [2.05, 4.69) is 15.3 Å². The van der Waals surface area contributed by atoms with Crippen molar-refractivity contribution in [3.63, 3.8) is 0 Å². The van der Waals surface area contributed by atoms with Crippen molar-refractivity contribution in [2.45, 2.75) is 0 Å². The highest BCUT2D eigenvalue weighted by atomic mass is 32.1. The first-order chi connectivity index (χ1) is 9.24. The van der Waals surface area contributed by atoms with Gasteiger partial charge in [0.05, 0.1) is 22.0 Å². The Kier molecular flexibility index (Phi) is 2.85. The maximum Gasteiger partial charge on any atom is 0.261 e. The van der Waals surface area contributed by atoms with E-state index >= 15 is 0 Å². The van der Waals surface area contributed by atoms with Crippen molar-refractivity contribution in [1.82, 2.24) is 9.97 Å². The van der Waals surface area contributed by atoms with E-state index in [0.717, 1.165) is 10.2 Å². The van der Waals surface area contributed by atoms with Crippen LogP contribution in [0.25, 0.3) is 10.2 Å². The van der Waals surface area contributed by atoms with E-state index in [4.69, 9.17) is 0 Å². The van der Waals surface area contributed by atoms with Crippen LogP contribution in [0.3, 0.4) is 0 Å². The van der Waals surface area contributed by atoms with E-state index in [1.807, 2.05) is 24.3 Å². The Morgan fingerprint density at radius 3 is 2.89 bits per heavy atom. The Bertz CT molecular complexity index is 721. The van der Waals surface area contributed by atoms with Gasteiger partial charge >= 0.3 is 0 Å². The zero-order valence-corrected chi connectivity index (χ0v) is 10.5. The zero-order chi connectivity index (χ0) is 13.2. The molecule has 0 radical (unpaired) electrons. The molecule has 2 aromatic heterocycles. The van der Waals surface area contributed by atoms with E-state index in [0.29, 0.717) is 5.13 Å². The number of nitrogens with zero attached hydrogens (tertiary/aromatic N) is 2. The number of pyridine rings is 1. The standard InChI is InChI=1S/C13H9N3O2S/c17-10-7-14-6-5-8(10)12(18)16-13-15-9-3-1-2-4-11(9)19-13/h1-7,17H,(H,15,16,18). The topological polar surface area (TPSA) is 75.1 Å². The lowest BCUT2D eigenvalue weighted by molar-refractivity contribution is 0.102. The molecule has 6 heteroatoms. The number of hydrogen-bond acceptors (Lipinski definition) is 5. The lowest BCUT2D eigenvalue weighted by Crippen LogP contribution is -2.11. The molecule has 0 saturated heterocycles. The van der Waals surface area contributed by atoms with Gasteiger partial charge in [-0.1, -0.05) is 23.5 Å². The second-order valence-corrected chi connectivity index (χ2v) is 4.86.